The van der Waals surface area contributed by atoms with Crippen LogP contribution >= 0.6 is 11.6 Å². The van der Waals surface area contributed by atoms with Gasteiger partial charge in [0, 0.05) is 42.7 Å². The average Bonchev–Trinajstić information content (AvgIpc) is 3.29. The van der Waals surface area contributed by atoms with Crippen LogP contribution in [-0.2, 0) is 13.0 Å². The second-order valence-corrected chi connectivity index (χ2v) is 7.11. The van der Waals surface area contributed by atoms with Crippen LogP contribution in [0, 0.1) is 5.82 Å². The summed E-state index contributed by atoms with van der Waals surface area (Å²) in [5.74, 6) is -5.71. The topological polar surface area (TPSA) is 73.8 Å². The van der Waals surface area contributed by atoms with Crippen molar-refractivity contribution in [3.8, 4) is 11.3 Å². The van der Waals surface area contributed by atoms with Crippen molar-refractivity contribution in [1.29, 1.82) is 0 Å². The predicted octanol–water partition coefficient (Wildman–Crippen LogP) is 4.01. The second-order valence-electron chi connectivity index (χ2n) is 6.67. The first kappa shape index (κ1) is 18.5. The van der Waals surface area contributed by atoms with Crippen LogP contribution in [0.1, 0.15) is 11.4 Å². The summed E-state index contributed by atoms with van der Waals surface area (Å²) in [4.78, 5) is 3.97. The molecule has 150 valence electrons. The highest BCUT2D eigenvalue weighted by molar-refractivity contribution is 6.30. The van der Waals surface area contributed by atoms with E-state index >= 15 is 8.78 Å². The third kappa shape index (κ3) is 2.88. The Morgan fingerprint density at radius 3 is 2.67 bits per heavy atom. The fraction of sp³-hybridized carbons (Fsp3) is 0.105. The lowest BCUT2D eigenvalue weighted by atomic mass is 10.0. The number of halogens is 4. The van der Waals surface area contributed by atoms with Crippen molar-refractivity contribution in [3.63, 3.8) is 0 Å². The zero-order valence-corrected chi connectivity index (χ0v) is 16.0. The van der Waals surface area contributed by atoms with Crippen molar-refractivity contribution in [2.24, 2.45) is 7.05 Å². The first-order chi connectivity index (χ1) is 14.3. The molecule has 0 amide bonds. The third-order valence-electron chi connectivity index (χ3n) is 4.59. The lowest BCUT2D eigenvalue weighted by molar-refractivity contribution is 0.0270. The van der Waals surface area contributed by atoms with E-state index in [2.05, 4.69) is 25.4 Å². The Balaban J connectivity index is 1.68. The summed E-state index contributed by atoms with van der Waals surface area (Å²) in [6.45, 7) is 0. The molecular formula is C19H11ClF3N7. The van der Waals surface area contributed by atoms with E-state index in [9.17, 15) is 4.39 Å². The lowest BCUT2D eigenvalue weighted by Gasteiger charge is -2.15. The van der Waals surface area contributed by atoms with Gasteiger partial charge in [-0.2, -0.15) is 23.5 Å². The molecule has 7 nitrogen and oxygen atoms in total. The largest absolute Gasteiger partial charge is 0.336 e. The van der Waals surface area contributed by atoms with Crippen molar-refractivity contribution >= 4 is 28.2 Å². The molecule has 0 atom stereocenters. The Kier molecular flexibility index (Phi) is 4.00. The Bertz CT molecular complexity index is 1430. The molecule has 5 aromatic rings. The van der Waals surface area contributed by atoms with Crippen molar-refractivity contribution < 1.29 is 13.2 Å². The molecule has 0 fully saturated rings. The molecule has 30 heavy (non-hydrogen) atoms. The number of nitrogens with zero attached hydrogens (tertiary/aromatic N) is 7. The predicted molar refractivity (Wildman–Crippen MR) is 103 cm³/mol. The van der Waals surface area contributed by atoms with Gasteiger partial charge in [-0.05, 0) is 24.3 Å². The molecule has 4 heterocycles. The van der Waals surface area contributed by atoms with Crippen LogP contribution < -0.4 is 0 Å². The Hall–Kier alpha value is -3.53. The van der Waals surface area contributed by atoms with Crippen LogP contribution in [0.15, 0.2) is 48.9 Å². The SMILES string of the molecule is Cn1cc2cc(C(F)(F)c3nnc4ccc(-c5cncc(Cl)c5)nn34)c(F)cc2n1. The number of rotatable bonds is 3. The van der Waals surface area contributed by atoms with E-state index < -0.39 is 23.1 Å². The number of aryl methyl sites for hydroxylation is 1. The number of pyridine rings is 1. The zero-order valence-electron chi connectivity index (χ0n) is 15.3. The molecule has 0 saturated heterocycles. The maximum Gasteiger partial charge on any atom is 0.336 e. The van der Waals surface area contributed by atoms with Crippen LogP contribution in [0.4, 0.5) is 13.2 Å². The molecule has 4 aromatic heterocycles. The van der Waals surface area contributed by atoms with E-state index in [-0.39, 0.29) is 11.2 Å². The molecular weight excluding hydrogens is 419 g/mol. The summed E-state index contributed by atoms with van der Waals surface area (Å²) < 4.78 is 47.7. The van der Waals surface area contributed by atoms with Gasteiger partial charge in [-0.3, -0.25) is 9.67 Å². The summed E-state index contributed by atoms with van der Waals surface area (Å²) >= 11 is 5.95. The van der Waals surface area contributed by atoms with Crippen molar-refractivity contribution in [3.05, 3.63) is 71.2 Å². The molecule has 0 aliphatic rings. The van der Waals surface area contributed by atoms with Gasteiger partial charge in [0.2, 0.25) is 5.82 Å². The van der Waals surface area contributed by atoms with E-state index in [4.69, 9.17) is 11.6 Å². The second kappa shape index (κ2) is 6.49. The molecule has 1 aromatic carbocycles. The maximum absolute atomic E-state index is 15.4. The Labute approximate surface area is 171 Å². The van der Waals surface area contributed by atoms with Crippen molar-refractivity contribution in [2.75, 3.05) is 0 Å². The first-order valence-electron chi connectivity index (χ1n) is 8.68. The normalized spacial score (nSPS) is 12.2. The van der Waals surface area contributed by atoms with Gasteiger partial charge in [-0.15, -0.1) is 10.2 Å². The Morgan fingerprint density at radius 2 is 1.87 bits per heavy atom. The minimum atomic E-state index is -3.80. The summed E-state index contributed by atoms with van der Waals surface area (Å²) in [6.07, 6.45) is 4.47. The Morgan fingerprint density at radius 1 is 1.03 bits per heavy atom. The minimum absolute atomic E-state index is 0.0891. The highest BCUT2D eigenvalue weighted by atomic mass is 35.5. The molecule has 5 rings (SSSR count). The number of hydrogen-bond donors (Lipinski definition) is 0. The van der Waals surface area contributed by atoms with Crippen LogP contribution in [0.25, 0.3) is 27.8 Å². The number of aromatic nitrogens is 7. The quantitative estimate of drug-likeness (QED) is 0.433. The van der Waals surface area contributed by atoms with Gasteiger partial charge >= 0.3 is 5.92 Å². The number of fused-ring (bicyclic) bond motifs is 2. The van der Waals surface area contributed by atoms with Crippen LogP contribution in [0.3, 0.4) is 0 Å². The smallest absolute Gasteiger partial charge is 0.275 e. The molecule has 0 spiro atoms. The van der Waals surface area contributed by atoms with Crippen molar-refractivity contribution in [2.45, 2.75) is 5.92 Å². The minimum Gasteiger partial charge on any atom is -0.275 e. The molecule has 11 heteroatoms. The summed E-state index contributed by atoms with van der Waals surface area (Å²) in [5, 5.41) is 16.3. The van der Waals surface area contributed by atoms with Gasteiger partial charge in [0.25, 0.3) is 0 Å². The van der Waals surface area contributed by atoms with E-state index in [0.717, 1.165) is 16.6 Å². The summed E-state index contributed by atoms with van der Waals surface area (Å²) in [6, 6.07) is 6.70. The molecule has 0 radical (unpaired) electrons. The first-order valence-corrected chi connectivity index (χ1v) is 9.06. The van der Waals surface area contributed by atoms with Crippen LogP contribution in [0.5, 0.6) is 0 Å². The molecule has 0 aliphatic heterocycles. The highest BCUT2D eigenvalue weighted by Gasteiger charge is 2.42. The monoisotopic (exact) mass is 429 g/mol. The molecule has 0 unspecified atom stereocenters. The maximum atomic E-state index is 15.4. The van der Waals surface area contributed by atoms with Crippen LogP contribution in [-0.4, -0.2) is 34.6 Å². The van der Waals surface area contributed by atoms with E-state index in [1.54, 1.807) is 19.2 Å². The third-order valence-corrected chi connectivity index (χ3v) is 4.80. The van der Waals surface area contributed by atoms with E-state index in [0.29, 0.717) is 21.7 Å². The average molecular weight is 430 g/mol. The van der Waals surface area contributed by atoms with Gasteiger partial charge in [0.05, 0.1) is 21.8 Å². The summed E-state index contributed by atoms with van der Waals surface area (Å²) in [7, 11) is 1.62. The van der Waals surface area contributed by atoms with Gasteiger partial charge in [-0.1, -0.05) is 11.6 Å². The van der Waals surface area contributed by atoms with Gasteiger partial charge in [0.1, 0.15) is 5.82 Å². The molecule has 0 aliphatic carbocycles. The fourth-order valence-electron chi connectivity index (χ4n) is 3.22. The van der Waals surface area contributed by atoms with Crippen LogP contribution in [0.2, 0.25) is 5.02 Å². The molecule has 0 bridgehead atoms. The van der Waals surface area contributed by atoms with E-state index in [1.165, 1.54) is 29.3 Å². The van der Waals surface area contributed by atoms with Gasteiger partial charge in [-0.25, -0.2) is 4.39 Å². The highest BCUT2D eigenvalue weighted by Crippen LogP contribution is 2.37. The van der Waals surface area contributed by atoms with Crippen molar-refractivity contribution in [1.82, 2.24) is 34.6 Å². The van der Waals surface area contributed by atoms with E-state index in [1.807, 2.05) is 0 Å². The van der Waals surface area contributed by atoms with Gasteiger partial charge in [0.15, 0.2) is 5.65 Å². The molecule has 0 N–H and O–H groups in total. The molecule has 0 saturated carbocycles. The lowest BCUT2D eigenvalue weighted by Crippen LogP contribution is -2.22. The number of benzene rings is 1. The summed E-state index contributed by atoms with van der Waals surface area (Å²) in [5.41, 5.74) is 0.377. The van der Waals surface area contributed by atoms with Gasteiger partial charge < -0.3 is 0 Å². The zero-order chi connectivity index (χ0) is 21.0. The number of hydrogen-bond acceptors (Lipinski definition) is 5. The fourth-order valence-corrected chi connectivity index (χ4v) is 3.40. The number of alkyl halides is 2. The standard InChI is InChI=1S/C19H11ClF3N7/c1-29-9-11-5-13(14(21)6-16(11)27-29)19(22,23)18-26-25-17-3-2-15(28-30(17)18)10-4-12(20)8-24-7-10/h2-9H,1H3.